The lowest BCUT2D eigenvalue weighted by Gasteiger charge is -2.21. The maximum atomic E-state index is 12.5. The third-order valence-electron chi connectivity index (χ3n) is 4.47. The van der Waals surface area contributed by atoms with Crippen molar-refractivity contribution in [3.8, 4) is 12.1 Å². The van der Waals surface area contributed by atoms with Crippen molar-refractivity contribution in [2.24, 2.45) is 0 Å². The van der Waals surface area contributed by atoms with Crippen LogP contribution in [0.1, 0.15) is 36.3 Å². The Bertz CT molecular complexity index is 812. The molecule has 0 saturated carbocycles. The van der Waals surface area contributed by atoms with Crippen molar-refractivity contribution in [1.82, 2.24) is 4.90 Å². The summed E-state index contributed by atoms with van der Waals surface area (Å²) in [6.45, 7) is 0.0302. The van der Waals surface area contributed by atoms with Gasteiger partial charge >= 0.3 is 5.97 Å². The average molecular weight is 389 g/mol. The van der Waals surface area contributed by atoms with Gasteiger partial charge in [-0.2, -0.15) is 10.5 Å². The number of amides is 1. The minimum absolute atomic E-state index is 0.109. The molecule has 0 saturated heterocycles. The van der Waals surface area contributed by atoms with Crippen molar-refractivity contribution in [2.75, 3.05) is 19.7 Å². The first kappa shape index (κ1) is 21.7. The van der Waals surface area contributed by atoms with Crippen LogP contribution in [0.25, 0.3) is 0 Å². The zero-order valence-electron chi connectivity index (χ0n) is 16.2. The predicted octanol–water partition coefficient (Wildman–Crippen LogP) is 3.41. The zero-order valence-corrected chi connectivity index (χ0v) is 16.2. The van der Waals surface area contributed by atoms with Crippen LogP contribution in [0.5, 0.6) is 0 Å². The number of carbonyl (C=O) groups excluding carboxylic acids is 2. The van der Waals surface area contributed by atoms with Gasteiger partial charge in [0.25, 0.3) is 5.91 Å². The number of rotatable bonds is 10. The second-order valence-corrected chi connectivity index (χ2v) is 6.44. The van der Waals surface area contributed by atoms with Gasteiger partial charge in [-0.25, -0.2) is 0 Å². The second kappa shape index (κ2) is 11.9. The Hall–Kier alpha value is -3.64. The summed E-state index contributed by atoms with van der Waals surface area (Å²) < 4.78 is 5.22. The van der Waals surface area contributed by atoms with Gasteiger partial charge < -0.3 is 9.64 Å². The lowest BCUT2D eigenvalue weighted by atomic mass is 9.89. The largest absolute Gasteiger partial charge is 0.456 e. The van der Waals surface area contributed by atoms with E-state index in [2.05, 4.69) is 0 Å². The fourth-order valence-electron chi connectivity index (χ4n) is 2.99. The van der Waals surface area contributed by atoms with Crippen molar-refractivity contribution >= 4 is 11.9 Å². The maximum absolute atomic E-state index is 12.5. The Morgan fingerprint density at radius 2 is 1.34 bits per heavy atom. The molecular weight excluding hydrogens is 366 g/mol. The summed E-state index contributed by atoms with van der Waals surface area (Å²) >= 11 is 0. The fourth-order valence-corrected chi connectivity index (χ4v) is 2.99. The van der Waals surface area contributed by atoms with Crippen molar-refractivity contribution in [1.29, 1.82) is 10.5 Å². The molecule has 0 fully saturated rings. The molecule has 6 heteroatoms. The van der Waals surface area contributed by atoms with Gasteiger partial charge in [-0.05, 0) is 11.1 Å². The van der Waals surface area contributed by atoms with Crippen molar-refractivity contribution in [3.05, 3.63) is 71.8 Å². The highest BCUT2D eigenvalue weighted by atomic mass is 16.5. The Balaban J connectivity index is 2.00. The van der Waals surface area contributed by atoms with Crippen LogP contribution < -0.4 is 0 Å². The van der Waals surface area contributed by atoms with Crippen LogP contribution in [0, 0.1) is 22.7 Å². The molecule has 0 aliphatic heterocycles. The van der Waals surface area contributed by atoms with Crippen molar-refractivity contribution in [2.45, 2.75) is 25.2 Å². The molecule has 0 N–H and O–H groups in total. The van der Waals surface area contributed by atoms with Gasteiger partial charge in [-0.1, -0.05) is 60.7 Å². The smallest absolute Gasteiger partial charge is 0.307 e. The number of hydrogen-bond acceptors (Lipinski definition) is 5. The number of hydrogen-bond donors (Lipinski definition) is 0. The first-order valence-corrected chi connectivity index (χ1v) is 9.43. The third-order valence-corrected chi connectivity index (χ3v) is 4.47. The second-order valence-electron chi connectivity index (χ2n) is 6.44. The molecule has 0 bridgehead atoms. The summed E-state index contributed by atoms with van der Waals surface area (Å²) in [5.74, 6) is -1.05. The normalized spacial score (nSPS) is 10.0. The molecule has 0 atom stereocenters. The number of carbonyl (C=O) groups is 2. The van der Waals surface area contributed by atoms with E-state index in [-0.39, 0.29) is 38.3 Å². The average Bonchev–Trinajstić information content (AvgIpc) is 2.77. The Morgan fingerprint density at radius 3 is 1.79 bits per heavy atom. The zero-order chi connectivity index (χ0) is 20.9. The van der Waals surface area contributed by atoms with Gasteiger partial charge in [0.2, 0.25) is 0 Å². The van der Waals surface area contributed by atoms with Gasteiger partial charge in [0, 0.05) is 19.0 Å². The van der Waals surface area contributed by atoms with E-state index in [1.807, 2.05) is 72.8 Å². The Morgan fingerprint density at radius 1 is 0.862 bits per heavy atom. The van der Waals surface area contributed by atoms with Gasteiger partial charge in [0.05, 0.1) is 31.4 Å². The van der Waals surface area contributed by atoms with E-state index in [1.54, 1.807) is 0 Å². The maximum Gasteiger partial charge on any atom is 0.307 e. The lowest BCUT2D eigenvalue weighted by molar-refractivity contribution is -0.152. The van der Waals surface area contributed by atoms with Crippen LogP contribution >= 0.6 is 0 Å². The monoisotopic (exact) mass is 389 g/mol. The summed E-state index contributed by atoms with van der Waals surface area (Å²) in [7, 11) is 0. The molecule has 0 spiro atoms. The quantitative estimate of drug-likeness (QED) is 0.581. The third kappa shape index (κ3) is 7.12. The molecule has 1 amide bonds. The molecule has 2 aromatic carbocycles. The van der Waals surface area contributed by atoms with Crippen molar-refractivity contribution in [3.63, 3.8) is 0 Å². The first-order chi connectivity index (χ1) is 14.2. The summed E-state index contributed by atoms with van der Waals surface area (Å²) in [4.78, 5) is 26.2. The Kier molecular flexibility index (Phi) is 8.92. The highest BCUT2D eigenvalue weighted by Crippen LogP contribution is 2.28. The molecule has 2 rings (SSSR count). The SMILES string of the molecule is N#CCCN(CCC#N)C(=O)COC(=O)CC(c1ccccc1)c1ccccc1. The molecule has 0 aliphatic rings. The number of nitrogens with zero attached hydrogens (tertiary/aromatic N) is 3. The molecule has 0 aromatic heterocycles. The van der Waals surface area contributed by atoms with E-state index < -0.39 is 18.5 Å². The fraction of sp³-hybridized carbons (Fsp3) is 0.304. The molecule has 0 unspecified atom stereocenters. The van der Waals surface area contributed by atoms with Crippen LogP contribution in [0.2, 0.25) is 0 Å². The highest BCUT2D eigenvalue weighted by Gasteiger charge is 2.21. The van der Waals surface area contributed by atoms with E-state index in [1.165, 1.54) is 4.90 Å². The predicted molar refractivity (Wildman–Crippen MR) is 107 cm³/mol. The molecule has 6 nitrogen and oxygen atoms in total. The van der Waals surface area contributed by atoms with E-state index in [4.69, 9.17) is 15.3 Å². The minimum atomic E-state index is -0.475. The molecule has 29 heavy (non-hydrogen) atoms. The van der Waals surface area contributed by atoms with Crippen LogP contribution in [-0.4, -0.2) is 36.5 Å². The van der Waals surface area contributed by atoms with Gasteiger partial charge in [-0.3, -0.25) is 9.59 Å². The first-order valence-electron chi connectivity index (χ1n) is 9.43. The number of esters is 1. The molecule has 0 radical (unpaired) electrons. The van der Waals surface area contributed by atoms with Crippen LogP contribution in [0.4, 0.5) is 0 Å². The van der Waals surface area contributed by atoms with E-state index in [0.717, 1.165) is 11.1 Å². The molecule has 0 aliphatic carbocycles. The lowest BCUT2D eigenvalue weighted by Crippen LogP contribution is -2.36. The van der Waals surface area contributed by atoms with Crippen molar-refractivity contribution < 1.29 is 14.3 Å². The summed E-state index contributed by atoms with van der Waals surface area (Å²) in [5.41, 5.74) is 1.98. The molecule has 2 aromatic rings. The topological polar surface area (TPSA) is 94.2 Å². The number of benzene rings is 2. The van der Waals surface area contributed by atoms with Gasteiger partial charge in [0.15, 0.2) is 6.61 Å². The van der Waals surface area contributed by atoms with Crippen LogP contribution in [0.3, 0.4) is 0 Å². The minimum Gasteiger partial charge on any atom is -0.456 e. The number of nitriles is 2. The van der Waals surface area contributed by atoms with E-state index in [0.29, 0.717) is 0 Å². The summed E-state index contributed by atoms with van der Waals surface area (Å²) in [5, 5.41) is 17.4. The number of ether oxygens (including phenoxy) is 1. The van der Waals surface area contributed by atoms with Crippen LogP contribution in [-0.2, 0) is 14.3 Å². The molecule has 0 heterocycles. The molecule has 148 valence electrons. The van der Waals surface area contributed by atoms with E-state index in [9.17, 15) is 9.59 Å². The molecular formula is C23H23N3O3. The van der Waals surface area contributed by atoms with Gasteiger partial charge in [-0.15, -0.1) is 0 Å². The highest BCUT2D eigenvalue weighted by molar-refractivity contribution is 5.81. The standard InChI is InChI=1S/C23H23N3O3/c24-13-7-15-26(16-8-14-25)22(27)18-29-23(28)17-21(19-9-3-1-4-10-19)20-11-5-2-6-12-20/h1-6,9-12,21H,7-8,15-18H2. The Labute approximate surface area is 170 Å². The van der Waals surface area contributed by atoms with E-state index >= 15 is 0 Å². The summed E-state index contributed by atoms with van der Waals surface area (Å²) in [6.07, 6.45) is 0.433. The van der Waals surface area contributed by atoms with Gasteiger partial charge in [0.1, 0.15) is 0 Å². The van der Waals surface area contributed by atoms with Crippen LogP contribution in [0.15, 0.2) is 60.7 Å². The summed E-state index contributed by atoms with van der Waals surface area (Å²) in [6, 6.07) is 23.3.